The summed E-state index contributed by atoms with van der Waals surface area (Å²) in [5.74, 6) is 0. The molecule has 0 saturated heterocycles. The van der Waals surface area contributed by atoms with Crippen molar-refractivity contribution in [3.63, 3.8) is 0 Å². The van der Waals surface area contributed by atoms with Gasteiger partial charge in [0.25, 0.3) is 6.71 Å². The molecule has 0 spiro atoms. The van der Waals surface area contributed by atoms with Gasteiger partial charge in [0.05, 0.1) is 11.1 Å². The van der Waals surface area contributed by atoms with E-state index in [0.29, 0.717) is 0 Å². The molecule has 2 aliphatic carbocycles. The third kappa shape index (κ3) is 6.58. The lowest BCUT2D eigenvalue weighted by Gasteiger charge is -2.48. The van der Waals surface area contributed by atoms with Crippen LogP contribution in [0.4, 0.5) is 51.2 Å². The van der Waals surface area contributed by atoms with E-state index in [1.807, 2.05) is 0 Å². The SMILES string of the molecule is Cc1cc2c3c(c1)N(c1cccc4oc5ccccc5c14)c1cc(N(c4ccccc4C)c4ccccc4C)ccc1B3c1cc3c(cc1N2c1ccc2c(c1)C(C)(C)CCC2(C)C)C(C)(C)CCC3(C)C. The largest absolute Gasteiger partial charge is 0.456 e. The van der Waals surface area contributed by atoms with E-state index < -0.39 is 0 Å². The minimum atomic E-state index is -0.0352. The highest BCUT2D eigenvalue weighted by molar-refractivity contribution is 7.00. The van der Waals surface area contributed by atoms with Gasteiger partial charge in [-0.1, -0.05) is 134 Å². The molecule has 72 heavy (non-hydrogen) atoms. The van der Waals surface area contributed by atoms with Crippen molar-refractivity contribution in [1.29, 1.82) is 0 Å². The fraction of sp³-hybridized carbons (Fsp3) is 0.284. The van der Waals surface area contributed by atoms with Crippen molar-refractivity contribution in [2.45, 2.75) is 124 Å². The first-order chi connectivity index (χ1) is 34.4. The summed E-state index contributed by atoms with van der Waals surface area (Å²) in [5.41, 5.74) is 26.4. The van der Waals surface area contributed by atoms with Crippen molar-refractivity contribution in [3.05, 3.63) is 191 Å². The number of furan rings is 1. The maximum absolute atomic E-state index is 6.71. The van der Waals surface area contributed by atoms with Crippen molar-refractivity contribution < 1.29 is 4.42 Å². The molecule has 0 amide bonds. The van der Waals surface area contributed by atoms with Crippen LogP contribution in [0.2, 0.25) is 0 Å². The van der Waals surface area contributed by atoms with Gasteiger partial charge in [0.15, 0.2) is 0 Å². The van der Waals surface area contributed by atoms with Crippen molar-refractivity contribution in [2.75, 3.05) is 14.7 Å². The number of rotatable bonds is 5. The van der Waals surface area contributed by atoms with Crippen LogP contribution < -0.4 is 31.1 Å². The lowest BCUT2D eigenvalue weighted by atomic mass is 9.33. The van der Waals surface area contributed by atoms with Crippen LogP contribution in [0.15, 0.2) is 156 Å². The summed E-state index contributed by atoms with van der Waals surface area (Å²) in [4.78, 5) is 7.76. The monoisotopic (exact) mass is 940 g/mol. The third-order valence-electron chi connectivity index (χ3n) is 17.9. The zero-order valence-electron chi connectivity index (χ0n) is 44.1. The number of para-hydroxylation sites is 3. The molecular formula is C67H66BN3O. The zero-order chi connectivity index (χ0) is 49.8. The Kier molecular flexibility index (Phi) is 9.68. The number of aryl methyl sites for hydroxylation is 3. The summed E-state index contributed by atoms with van der Waals surface area (Å²) in [6.45, 7) is 26.4. The molecule has 8 aromatic carbocycles. The smallest absolute Gasteiger partial charge is 0.252 e. The van der Waals surface area contributed by atoms with Crippen LogP contribution >= 0.6 is 0 Å². The molecule has 0 N–H and O–H groups in total. The maximum atomic E-state index is 6.71. The second-order valence-electron chi connectivity index (χ2n) is 24.4. The van der Waals surface area contributed by atoms with Crippen molar-refractivity contribution in [1.82, 2.24) is 0 Å². The first-order valence-electron chi connectivity index (χ1n) is 26.5. The van der Waals surface area contributed by atoms with Crippen LogP contribution in [0.25, 0.3) is 21.9 Å². The zero-order valence-corrected chi connectivity index (χ0v) is 44.1. The Hall–Kier alpha value is -6.98. The van der Waals surface area contributed by atoms with Crippen molar-refractivity contribution in [2.24, 2.45) is 0 Å². The van der Waals surface area contributed by atoms with Gasteiger partial charge in [-0.3, -0.25) is 0 Å². The van der Waals surface area contributed by atoms with Crippen LogP contribution in [0.3, 0.4) is 0 Å². The molecule has 4 aliphatic rings. The van der Waals surface area contributed by atoms with Gasteiger partial charge < -0.3 is 19.1 Å². The van der Waals surface area contributed by atoms with Gasteiger partial charge in [0.1, 0.15) is 11.2 Å². The van der Waals surface area contributed by atoms with Gasteiger partial charge in [-0.15, -0.1) is 0 Å². The van der Waals surface area contributed by atoms with E-state index in [9.17, 15) is 0 Å². The molecule has 1 aromatic heterocycles. The predicted octanol–water partition coefficient (Wildman–Crippen LogP) is 16.8. The van der Waals surface area contributed by atoms with E-state index in [0.717, 1.165) is 46.2 Å². The van der Waals surface area contributed by atoms with E-state index in [1.54, 1.807) is 0 Å². The number of anilines is 9. The lowest BCUT2D eigenvalue weighted by molar-refractivity contribution is 0.332. The molecule has 0 atom stereocenters. The van der Waals surface area contributed by atoms with E-state index >= 15 is 0 Å². The number of fused-ring (bicyclic) bond motifs is 9. The first kappa shape index (κ1) is 44.9. The second kappa shape index (κ2) is 15.5. The molecule has 3 heterocycles. The van der Waals surface area contributed by atoms with Gasteiger partial charge in [-0.2, -0.15) is 0 Å². The summed E-state index contributed by atoms with van der Waals surface area (Å²) in [6, 6.07) is 57.9. The number of nitrogens with zero attached hydrogens (tertiary/aromatic N) is 3. The number of hydrogen-bond acceptors (Lipinski definition) is 4. The summed E-state index contributed by atoms with van der Waals surface area (Å²) in [7, 11) is 0. The highest BCUT2D eigenvalue weighted by Gasteiger charge is 2.48. The predicted molar refractivity (Wildman–Crippen MR) is 307 cm³/mol. The van der Waals surface area contributed by atoms with E-state index in [-0.39, 0.29) is 28.4 Å². The van der Waals surface area contributed by atoms with E-state index in [2.05, 4.69) is 243 Å². The fourth-order valence-electron chi connectivity index (χ4n) is 13.5. The second-order valence-corrected chi connectivity index (χ2v) is 24.4. The van der Waals surface area contributed by atoms with Crippen LogP contribution in [0, 0.1) is 20.8 Å². The van der Waals surface area contributed by atoms with Gasteiger partial charge >= 0.3 is 0 Å². The first-order valence-corrected chi connectivity index (χ1v) is 26.5. The van der Waals surface area contributed by atoms with Gasteiger partial charge in [-0.05, 0) is 196 Å². The molecule has 0 radical (unpaired) electrons. The van der Waals surface area contributed by atoms with Crippen LogP contribution in [-0.2, 0) is 21.7 Å². The molecule has 13 rings (SSSR count). The molecule has 0 bridgehead atoms. The molecule has 4 nitrogen and oxygen atoms in total. The third-order valence-corrected chi connectivity index (χ3v) is 17.9. The molecule has 0 saturated carbocycles. The summed E-state index contributed by atoms with van der Waals surface area (Å²) < 4.78 is 6.71. The minimum absolute atomic E-state index is 0.0233. The summed E-state index contributed by atoms with van der Waals surface area (Å²) in [5, 5.41) is 2.24. The number of benzene rings is 8. The van der Waals surface area contributed by atoms with Gasteiger partial charge in [0.2, 0.25) is 0 Å². The molecule has 9 aromatic rings. The van der Waals surface area contributed by atoms with Crippen LogP contribution in [0.1, 0.15) is 120 Å². The lowest BCUT2D eigenvalue weighted by Crippen LogP contribution is -2.62. The molecule has 2 aliphatic heterocycles. The summed E-state index contributed by atoms with van der Waals surface area (Å²) >= 11 is 0. The Morgan fingerprint density at radius 2 is 1.00 bits per heavy atom. The quantitative estimate of drug-likeness (QED) is 0.160. The standard InChI is InChI=1S/C67H66BN3O/c1-41-35-58-63-59(36-41)71(55-24-18-26-61-62(55)46-21-14-17-25-60(46)72-61)56-38-45(69(53-22-15-12-19-42(53)2)54-23-16-13-20-43(54)3)28-30-51(56)68(63)52-39-49-50(67(10,11)34-33-66(49,8)9)40-57(52)70(58)44-27-29-47-48(37-44)65(6,7)32-31-64(47,4)5/h12-30,35-40H,31-34H2,1-11H3. The molecule has 0 fully saturated rings. The molecule has 5 heteroatoms. The normalized spacial score (nSPS) is 17.5. The highest BCUT2D eigenvalue weighted by Crippen LogP contribution is 2.54. The summed E-state index contributed by atoms with van der Waals surface area (Å²) in [6.07, 6.45) is 4.66. The Bertz CT molecular complexity index is 3690. The van der Waals surface area contributed by atoms with Crippen molar-refractivity contribution >= 4 is 96.2 Å². The minimum Gasteiger partial charge on any atom is -0.456 e. The van der Waals surface area contributed by atoms with Crippen LogP contribution in [-0.4, -0.2) is 6.71 Å². The Labute approximate surface area is 427 Å². The Morgan fingerprint density at radius 1 is 0.444 bits per heavy atom. The Balaban J connectivity index is 1.15. The van der Waals surface area contributed by atoms with Gasteiger partial charge in [-0.25, -0.2) is 0 Å². The van der Waals surface area contributed by atoms with E-state index in [1.165, 1.54) is 108 Å². The molecular weight excluding hydrogens is 874 g/mol. The highest BCUT2D eigenvalue weighted by atomic mass is 16.3. The number of hydrogen-bond donors (Lipinski definition) is 0. The van der Waals surface area contributed by atoms with E-state index in [4.69, 9.17) is 4.42 Å². The Morgan fingerprint density at radius 3 is 1.67 bits per heavy atom. The molecule has 0 unspecified atom stereocenters. The fourth-order valence-corrected chi connectivity index (χ4v) is 13.5. The average molecular weight is 940 g/mol. The topological polar surface area (TPSA) is 22.9 Å². The van der Waals surface area contributed by atoms with Crippen LogP contribution in [0.5, 0.6) is 0 Å². The average Bonchev–Trinajstić information content (AvgIpc) is 3.74. The maximum Gasteiger partial charge on any atom is 0.252 e. The van der Waals surface area contributed by atoms with Gasteiger partial charge in [0, 0.05) is 50.9 Å². The molecule has 358 valence electrons. The van der Waals surface area contributed by atoms with Crippen molar-refractivity contribution in [3.8, 4) is 0 Å².